The maximum Gasteiger partial charge on any atom is 0.220 e. The summed E-state index contributed by atoms with van der Waals surface area (Å²) in [5.41, 5.74) is 0.558. The van der Waals surface area contributed by atoms with E-state index in [0.717, 1.165) is 61.3 Å². The van der Waals surface area contributed by atoms with Crippen LogP contribution >= 0.6 is 0 Å². The van der Waals surface area contributed by atoms with Crippen LogP contribution in [0, 0.1) is 46.8 Å². The number of hydrogen-bond donors (Lipinski definition) is 1. The lowest BCUT2D eigenvalue weighted by molar-refractivity contribution is -0.121. The molecule has 1 amide bonds. The first-order valence-electron chi connectivity index (χ1n) is 12.8. The van der Waals surface area contributed by atoms with Gasteiger partial charge in [0.2, 0.25) is 5.91 Å². The fourth-order valence-corrected chi connectivity index (χ4v) is 8.72. The molecule has 0 bridgehead atoms. The lowest BCUT2D eigenvalue weighted by Crippen LogP contribution is -2.48. The molecule has 2 unspecified atom stereocenters. The van der Waals surface area contributed by atoms with E-state index in [-0.39, 0.29) is 5.91 Å². The van der Waals surface area contributed by atoms with Crippen LogP contribution in [0.3, 0.4) is 0 Å². The van der Waals surface area contributed by atoms with Gasteiger partial charge in [0.1, 0.15) is 0 Å². The maximum absolute atomic E-state index is 12.1. The van der Waals surface area contributed by atoms with Crippen LogP contribution in [0.15, 0.2) is 0 Å². The normalized spacial score (nSPS) is 43.5. The molecule has 0 spiro atoms. The van der Waals surface area contributed by atoms with E-state index >= 15 is 0 Å². The highest BCUT2D eigenvalue weighted by Gasteiger charge is 2.57. The van der Waals surface area contributed by atoms with Crippen molar-refractivity contribution in [1.82, 2.24) is 5.32 Å². The van der Waals surface area contributed by atoms with Crippen LogP contribution in [-0.4, -0.2) is 12.5 Å². The van der Waals surface area contributed by atoms with E-state index in [4.69, 9.17) is 0 Å². The zero-order chi connectivity index (χ0) is 19.7. The molecule has 0 radical (unpaired) electrons. The number of carbonyl (C=O) groups excluding carboxylic acids is 1. The Bertz CT molecular complexity index is 545. The van der Waals surface area contributed by atoms with Crippen molar-refractivity contribution >= 4 is 5.91 Å². The van der Waals surface area contributed by atoms with Crippen molar-refractivity contribution in [3.05, 3.63) is 0 Å². The molecule has 0 heterocycles. The lowest BCUT2D eigenvalue weighted by Gasteiger charge is -2.56. The van der Waals surface area contributed by atoms with Crippen molar-refractivity contribution in [2.24, 2.45) is 46.8 Å². The molecule has 0 aromatic rings. The SMILES string of the molecule is CCCNC(=O)CCC(C)C1CC[C@H]2[C@@H]3CC[C@@H]4CCCC[C@@H]4[C@H]3CC[C@]12C. The second-order valence-electron chi connectivity index (χ2n) is 11.3. The predicted molar refractivity (Wildman–Crippen MR) is 117 cm³/mol. The Morgan fingerprint density at radius 3 is 2.64 bits per heavy atom. The first kappa shape index (κ1) is 20.7. The molecule has 2 nitrogen and oxygen atoms in total. The zero-order valence-electron chi connectivity index (χ0n) is 18.8. The topological polar surface area (TPSA) is 29.1 Å². The fraction of sp³-hybridized carbons (Fsp3) is 0.962. The minimum atomic E-state index is 0.271. The number of rotatable bonds is 6. The summed E-state index contributed by atoms with van der Waals surface area (Å²) in [5, 5.41) is 3.07. The molecule has 28 heavy (non-hydrogen) atoms. The van der Waals surface area contributed by atoms with Crippen molar-refractivity contribution in [3.63, 3.8) is 0 Å². The van der Waals surface area contributed by atoms with E-state index < -0.39 is 0 Å². The fourth-order valence-electron chi connectivity index (χ4n) is 8.72. The highest BCUT2D eigenvalue weighted by molar-refractivity contribution is 5.75. The highest BCUT2D eigenvalue weighted by atomic mass is 16.1. The minimum absolute atomic E-state index is 0.271. The van der Waals surface area contributed by atoms with Crippen LogP contribution in [0.5, 0.6) is 0 Å². The van der Waals surface area contributed by atoms with Crippen LogP contribution in [0.25, 0.3) is 0 Å². The Labute approximate surface area is 174 Å². The Morgan fingerprint density at radius 1 is 1.00 bits per heavy atom. The summed E-state index contributed by atoms with van der Waals surface area (Å²) in [4.78, 5) is 12.1. The molecule has 8 atom stereocenters. The molecule has 0 aliphatic heterocycles. The summed E-state index contributed by atoms with van der Waals surface area (Å²) in [6.07, 6.45) is 17.9. The van der Waals surface area contributed by atoms with Crippen LogP contribution in [0.2, 0.25) is 0 Å². The summed E-state index contributed by atoms with van der Waals surface area (Å²) in [6, 6.07) is 0. The Kier molecular flexibility index (Phi) is 6.43. The van der Waals surface area contributed by atoms with Gasteiger partial charge in [-0.3, -0.25) is 4.79 Å². The predicted octanol–water partition coefficient (Wildman–Crippen LogP) is 6.59. The summed E-state index contributed by atoms with van der Waals surface area (Å²) < 4.78 is 0. The molecule has 4 aliphatic carbocycles. The molecule has 4 rings (SSSR count). The second kappa shape index (κ2) is 8.68. The Morgan fingerprint density at radius 2 is 1.82 bits per heavy atom. The maximum atomic E-state index is 12.1. The first-order chi connectivity index (χ1) is 13.5. The van der Waals surface area contributed by atoms with E-state index in [9.17, 15) is 4.79 Å². The zero-order valence-corrected chi connectivity index (χ0v) is 18.8. The van der Waals surface area contributed by atoms with Crippen molar-refractivity contribution in [2.45, 2.75) is 104 Å². The third-order valence-electron chi connectivity index (χ3n) is 10.0. The molecule has 0 aromatic carbocycles. The van der Waals surface area contributed by atoms with Crippen molar-refractivity contribution in [2.75, 3.05) is 6.54 Å². The van der Waals surface area contributed by atoms with E-state index in [1.807, 2.05) is 0 Å². The average molecular weight is 388 g/mol. The molecule has 160 valence electrons. The molecule has 4 fully saturated rings. The van der Waals surface area contributed by atoms with Gasteiger partial charge in [-0.15, -0.1) is 0 Å². The van der Waals surface area contributed by atoms with Crippen molar-refractivity contribution in [3.8, 4) is 0 Å². The van der Waals surface area contributed by atoms with Gasteiger partial charge in [-0.25, -0.2) is 0 Å². The van der Waals surface area contributed by atoms with Crippen LogP contribution < -0.4 is 5.32 Å². The van der Waals surface area contributed by atoms with E-state index in [1.165, 1.54) is 57.8 Å². The third kappa shape index (κ3) is 3.79. The summed E-state index contributed by atoms with van der Waals surface area (Å²) in [5.74, 6) is 7.05. The van der Waals surface area contributed by atoms with Gasteiger partial charge in [0.05, 0.1) is 0 Å². The van der Waals surface area contributed by atoms with Crippen LogP contribution in [0.1, 0.15) is 104 Å². The monoisotopic (exact) mass is 387 g/mol. The summed E-state index contributed by atoms with van der Waals surface area (Å²) in [6.45, 7) is 8.07. The molecule has 4 aliphatic rings. The van der Waals surface area contributed by atoms with Gasteiger partial charge in [0, 0.05) is 13.0 Å². The number of hydrogen-bond acceptors (Lipinski definition) is 1. The van der Waals surface area contributed by atoms with Crippen molar-refractivity contribution in [1.29, 1.82) is 0 Å². The highest BCUT2D eigenvalue weighted by Crippen LogP contribution is 2.65. The number of nitrogens with one attached hydrogen (secondary N) is 1. The first-order valence-corrected chi connectivity index (χ1v) is 12.8. The molecule has 0 aromatic heterocycles. The molecular weight excluding hydrogens is 342 g/mol. The molecule has 1 N–H and O–H groups in total. The van der Waals surface area contributed by atoms with E-state index in [2.05, 4.69) is 26.1 Å². The molecule has 4 saturated carbocycles. The van der Waals surface area contributed by atoms with Gasteiger partial charge in [-0.2, -0.15) is 0 Å². The van der Waals surface area contributed by atoms with E-state index in [0.29, 0.717) is 11.3 Å². The largest absolute Gasteiger partial charge is 0.356 e. The third-order valence-corrected chi connectivity index (χ3v) is 10.0. The quantitative estimate of drug-likeness (QED) is 0.547. The lowest BCUT2D eigenvalue weighted by atomic mass is 9.49. The standard InChI is InChI=1S/C26H45NO/c1-4-17-27-25(28)14-9-18(2)23-12-13-24-22-11-10-19-7-5-6-8-20(19)21(22)15-16-26(23,24)3/h18-24H,4-17H2,1-3H3,(H,27,28)/t18?,19-,20-,21+,22+,23?,24-,26+/m0/s1. The number of carbonyl (C=O) groups is 1. The Balaban J connectivity index is 1.38. The number of amides is 1. The van der Waals surface area contributed by atoms with Gasteiger partial charge in [0.25, 0.3) is 0 Å². The van der Waals surface area contributed by atoms with Crippen LogP contribution in [-0.2, 0) is 4.79 Å². The van der Waals surface area contributed by atoms with Crippen LogP contribution in [0.4, 0.5) is 0 Å². The molecule has 2 heteroatoms. The van der Waals surface area contributed by atoms with Gasteiger partial charge < -0.3 is 5.32 Å². The molecule has 0 saturated heterocycles. The molecular formula is C26H45NO. The number of fused-ring (bicyclic) bond motifs is 5. The van der Waals surface area contributed by atoms with E-state index in [1.54, 1.807) is 6.42 Å². The van der Waals surface area contributed by atoms with Gasteiger partial charge >= 0.3 is 0 Å². The summed E-state index contributed by atoms with van der Waals surface area (Å²) >= 11 is 0. The average Bonchev–Trinajstić information content (AvgIpc) is 3.07. The van der Waals surface area contributed by atoms with Gasteiger partial charge in [-0.05, 0) is 105 Å². The van der Waals surface area contributed by atoms with Crippen molar-refractivity contribution < 1.29 is 4.79 Å². The minimum Gasteiger partial charge on any atom is -0.356 e. The smallest absolute Gasteiger partial charge is 0.220 e. The second-order valence-corrected chi connectivity index (χ2v) is 11.3. The summed E-state index contributed by atoms with van der Waals surface area (Å²) in [7, 11) is 0. The van der Waals surface area contributed by atoms with Gasteiger partial charge in [-0.1, -0.05) is 40.0 Å². The Hall–Kier alpha value is -0.530. The van der Waals surface area contributed by atoms with Gasteiger partial charge in [0.15, 0.2) is 0 Å².